The summed E-state index contributed by atoms with van der Waals surface area (Å²) in [5.74, 6) is 0.0287. The van der Waals surface area contributed by atoms with E-state index < -0.39 is 0 Å². The normalized spacial score (nSPS) is 10.1. The van der Waals surface area contributed by atoms with E-state index in [0.717, 1.165) is 0 Å². The Labute approximate surface area is 98.7 Å². The van der Waals surface area contributed by atoms with Gasteiger partial charge in [-0.1, -0.05) is 6.07 Å². The van der Waals surface area contributed by atoms with E-state index in [1.54, 1.807) is 29.1 Å². The summed E-state index contributed by atoms with van der Waals surface area (Å²) in [5, 5.41) is 16.0. The molecule has 0 saturated heterocycles. The van der Waals surface area contributed by atoms with E-state index in [9.17, 15) is 9.90 Å². The number of aromatic nitrogens is 2. The lowest BCUT2D eigenvalue weighted by molar-refractivity contribution is -0.116. The third kappa shape index (κ3) is 3.34. The van der Waals surface area contributed by atoms with Crippen LogP contribution in [0.3, 0.4) is 0 Å². The lowest BCUT2D eigenvalue weighted by Gasteiger charge is -2.05. The molecule has 1 heterocycles. The fraction of sp³-hybridized carbons (Fsp3) is 0.167. The van der Waals surface area contributed by atoms with Crippen molar-refractivity contribution in [3.05, 3.63) is 42.7 Å². The molecule has 1 aromatic carbocycles. The maximum Gasteiger partial charge on any atom is 0.226 e. The van der Waals surface area contributed by atoms with Gasteiger partial charge in [0.25, 0.3) is 0 Å². The molecule has 0 aliphatic heterocycles. The summed E-state index contributed by atoms with van der Waals surface area (Å²) in [6.07, 6.45) is 3.83. The smallest absolute Gasteiger partial charge is 0.226 e. The van der Waals surface area contributed by atoms with Crippen molar-refractivity contribution in [2.75, 3.05) is 5.32 Å². The van der Waals surface area contributed by atoms with E-state index >= 15 is 0 Å². The molecular formula is C12H13N3O2. The van der Waals surface area contributed by atoms with Crippen LogP contribution in [0, 0.1) is 0 Å². The van der Waals surface area contributed by atoms with E-state index in [2.05, 4.69) is 10.4 Å². The number of nitrogens with one attached hydrogen (secondary N) is 1. The SMILES string of the molecule is O=C(CCn1cccn1)Nc1cccc(O)c1. The van der Waals surface area contributed by atoms with Crippen molar-refractivity contribution < 1.29 is 9.90 Å². The molecule has 0 radical (unpaired) electrons. The number of aromatic hydroxyl groups is 1. The van der Waals surface area contributed by atoms with Crippen molar-refractivity contribution in [2.24, 2.45) is 0 Å². The number of carbonyl (C=O) groups is 1. The van der Waals surface area contributed by atoms with Gasteiger partial charge >= 0.3 is 0 Å². The van der Waals surface area contributed by atoms with E-state index in [1.807, 2.05) is 12.3 Å². The zero-order valence-electron chi connectivity index (χ0n) is 9.21. The van der Waals surface area contributed by atoms with Gasteiger partial charge in [-0.15, -0.1) is 0 Å². The number of anilines is 1. The minimum Gasteiger partial charge on any atom is -0.508 e. The van der Waals surface area contributed by atoms with Crippen LogP contribution in [0.1, 0.15) is 6.42 Å². The van der Waals surface area contributed by atoms with Crippen LogP contribution in [-0.2, 0) is 11.3 Å². The molecule has 5 nitrogen and oxygen atoms in total. The third-order valence-electron chi connectivity index (χ3n) is 2.26. The first-order valence-corrected chi connectivity index (χ1v) is 5.30. The highest BCUT2D eigenvalue weighted by molar-refractivity contribution is 5.90. The molecule has 0 spiro atoms. The van der Waals surface area contributed by atoms with E-state index in [4.69, 9.17) is 0 Å². The van der Waals surface area contributed by atoms with E-state index in [-0.39, 0.29) is 11.7 Å². The summed E-state index contributed by atoms with van der Waals surface area (Å²) >= 11 is 0. The van der Waals surface area contributed by atoms with Crippen LogP contribution in [-0.4, -0.2) is 20.8 Å². The van der Waals surface area contributed by atoms with Gasteiger partial charge in [-0.05, 0) is 18.2 Å². The first kappa shape index (κ1) is 11.2. The number of amides is 1. The first-order valence-electron chi connectivity index (χ1n) is 5.30. The van der Waals surface area contributed by atoms with Crippen molar-refractivity contribution in [1.29, 1.82) is 0 Å². The number of rotatable bonds is 4. The Hall–Kier alpha value is -2.30. The second-order valence-corrected chi connectivity index (χ2v) is 3.62. The summed E-state index contributed by atoms with van der Waals surface area (Å²) in [4.78, 5) is 11.6. The molecular weight excluding hydrogens is 218 g/mol. The zero-order valence-corrected chi connectivity index (χ0v) is 9.21. The Morgan fingerprint density at radius 2 is 2.29 bits per heavy atom. The van der Waals surface area contributed by atoms with Crippen molar-refractivity contribution >= 4 is 11.6 Å². The molecule has 2 aromatic rings. The van der Waals surface area contributed by atoms with Crippen LogP contribution in [0.2, 0.25) is 0 Å². The fourth-order valence-electron chi connectivity index (χ4n) is 1.46. The molecule has 0 aliphatic rings. The standard InChI is InChI=1S/C12H13N3O2/c16-11-4-1-3-10(9-11)14-12(17)5-8-15-7-2-6-13-15/h1-4,6-7,9,16H,5,8H2,(H,14,17). The number of phenols is 1. The number of aryl methyl sites for hydroxylation is 1. The van der Waals surface area contributed by atoms with Gasteiger partial charge in [0.05, 0.1) is 0 Å². The maximum atomic E-state index is 11.6. The van der Waals surface area contributed by atoms with Crippen LogP contribution < -0.4 is 5.32 Å². The maximum absolute atomic E-state index is 11.6. The number of nitrogens with zero attached hydrogens (tertiary/aromatic N) is 2. The molecule has 0 unspecified atom stereocenters. The lowest BCUT2D eigenvalue weighted by atomic mass is 10.3. The molecule has 0 saturated carbocycles. The molecule has 88 valence electrons. The quantitative estimate of drug-likeness (QED) is 0.840. The van der Waals surface area contributed by atoms with Gasteiger partial charge in [0.2, 0.25) is 5.91 Å². The van der Waals surface area contributed by atoms with Gasteiger partial charge in [-0.25, -0.2) is 0 Å². The largest absolute Gasteiger partial charge is 0.508 e. The Morgan fingerprint density at radius 3 is 3.00 bits per heavy atom. The van der Waals surface area contributed by atoms with Crippen LogP contribution >= 0.6 is 0 Å². The molecule has 2 N–H and O–H groups in total. The lowest BCUT2D eigenvalue weighted by Crippen LogP contribution is -2.14. The number of benzene rings is 1. The minimum absolute atomic E-state index is 0.105. The van der Waals surface area contributed by atoms with Crippen LogP contribution in [0.4, 0.5) is 5.69 Å². The van der Waals surface area contributed by atoms with Crippen molar-refractivity contribution in [3.63, 3.8) is 0 Å². The Bertz CT molecular complexity index is 494. The Balaban J connectivity index is 1.85. The summed E-state index contributed by atoms with van der Waals surface area (Å²) in [7, 11) is 0. The van der Waals surface area contributed by atoms with Crippen molar-refractivity contribution in [2.45, 2.75) is 13.0 Å². The van der Waals surface area contributed by atoms with Crippen molar-refractivity contribution in [3.8, 4) is 5.75 Å². The summed E-state index contributed by atoms with van der Waals surface area (Å²) < 4.78 is 1.70. The zero-order chi connectivity index (χ0) is 12.1. The molecule has 5 heteroatoms. The average molecular weight is 231 g/mol. The second kappa shape index (κ2) is 5.16. The number of phenolic OH excluding ortho intramolecular Hbond substituents is 1. The molecule has 1 amide bonds. The predicted molar refractivity (Wildman–Crippen MR) is 63.6 cm³/mol. The van der Waals surface area contributed by atoms with Gasteiger partial charge in [-0.3, -0.25) is 9.48 Å². The molecule has 0 aliphatic carbocycles. The molecule has 17 heavy (non-hydrogen) atoms. The van der Waals surface area contributed by atoms with Crippen LogP contribution in [0.15, 0.2) is 42.7 Å². The summed E-state index contributed by atoms with van der Waals surface area (Å²) in [6, 6.07) is 8.28. The number of hydrogen-bond donors (Lipinski definition) is 2. The molecule has 1 aromatic heterocycles. The summed E-state index contributed by atoms with van der Waals surface area (Å²) in [6.45, 7) is 0.539. The van der Waals surface area contributed by atoms with E-state index in [0.29, 0.717) is 18.7 Å². The Kier molecular flexibility index (Phi) is 3.40. The summed E-state index contributed by atoms with van der Waals surface area (Å²) in [5.41, 5.74) is 0.593. The Morgan fingerprint density at radius 1 is 1.41 bits per heavy atom. The first-order chi connectivity index (χ1) is 8.24. The van der Waals surface area contributed by atoms with Gasteiger partial charge in [-0.2, -0.15) is 5.10 Å². The van der Waals surface area contributed by atoms with Crippen LogP contribution in [0.25, 0.3) is 0 Å². The second-order valence-electron chi connectivity index (χ2n) is 3.62. The highest BCUT2D eigenvalue weighted by atomic mass is 16.3. The third-order valence-corrected chi connectivity index (χ3v) is 2.26. The van der Waals surface area contributed by atoms with Gasteiger partial charge in [0.15, 0.2) is 0 Å². The highest BCUT2D eigenvalue weighted by Gasteiger charge is 2.03. The molecule has 2 rings (SSSR count). The molecule has 0 bridgehead atoms. The predicted octanol–water partition coefficient (Wildman–Crippen LogP) is 1.62. The minimum atomic E-state index is -0.105. The van der Waals surface area contributed by atoms with Gasteiger partial charge in [0, 0.05) is 37.1 Å². The highest BCUT2D eigenvalue weighted by Crippen LogP contribution is 2.15. The van der Waals surface area contributed by atoms with Gasteiger partial charge < -0.3 is 10.4 Å². The topological polar surface area (TPSA) is 67.2 Å². The monoisotopic (exact) mass is 231 g/mol. The van der Waals surface area contributed by atoms with E-state index in [1.165, 1.54) is 6.07 Å². The number of hydrogen-bond acceptors (Lipinski definition) is 3. The average Bonchev–Trinajstić information content (AvgIpc) is 2.79. The van der Waals surface area contributed by atoms with Crippen LogP contribution in [0.5, 0.6) is 5.75 Å². The molecule has 0 atom stereocenters. The fourth-order valence-corrected chi connectivity index (χ4v) is 1.46. The molecule has 0 fully saturated rings. The van der Waals surface area contributed by atoms with Gasteiger partial charge in [0.1, 0.15) is 5.75 Å². The number of carbonyl (C=O) groups excluding carboxylic acids is 1. The van der Waals surface area contributed by atoms with Crippen molar-refractivity contribution in [1.82, 2.24) is 9.78 Å².